The lowest BCUT2D eigenvalue weighted by atomic mass is 10.2. The molecule has 1 aliphatic heterocycles. The Kier molecular flexibility index (Phi) is 7.23. The van der Waals surface area contributed by atoms with E-state index in [-0.39, 0.29) is 23.1 Å². The van der Waals surface area contributed by atoms with E-state index in [1.165, 1.54) is 37.4 Å². The highest BCUT2D eigenvalue weighted by Gasteiger charge is 2.23. The zero-order valence-electron chi connectivity index (χ0n) is 18.1. The van der Waals surface area contributed by atoms with E-state index in [1.807, 2.05) is 4.90 Å². The molecule has 3 aromatic rings. The summed E-state index contributed by atoms with van der Waals surface area (Å²) >= 11 is 1.13. The lowest BCUT2D eigenvalue weighted by Gasteiger charge is -2.27. The summed E-state index contributed by atoms with van der Waals surface area (Å²) in [5, 5.41) is 22.6. The van der Waals surface area contributed by atoms with Crippen molar-refractivity contribution in [3.05, 3.63) is 58.4 Å². The van der Waals surface area contributed by atoms with Gasteiger partial charge in [-0.25, -0.2) is 4.39 Å². The molecular weight excluding hydrogens is 467 g/mol. The van der Waals surface area contributed by atoms with Crippen molar-refractivity contribution >= 4 is 35.0 Å². The number of aromatic nitrogens is 3. The summed E-state index contributed by atoms with van der Waals surface area (Å²) in [6.07, 6.45) is 0. The molecule has 4 rings (SSSR count). The summed E-state index contributed by atoms with van der Waals surface area (Å²) in [6.45, 7) is 2.30. The molecule has 0 unspecified atom stereocenters. The number of nitrogens with one attached hydrogen (secondary N) is 1. The third-order valence-corrected chi connectivity index (χ3v) is 5.91. The van der Waals surface area contributed by atoms with Crippen LogP contribution in [0, 0.1) is 15.9 Å². The summed E-state index contributed by atoms with van der Waals surface area (Å²) < 4.78 is 26.2. The van der Waals surface area contributed by atoms with Crippen LogP contribution in [0.15, 0.2) is 47.6 Å². The van der Waals surface area contributed by atoms with Crippen LogP contribution >= 0.6 is 11.8 Å². The number of morpholine rings is 1. The number of carbonyl (C=O) groups is 1. The van der Waals surface area contributed by atoms with Gasteiger partial charge in [0.1, 0.15) is 11.6 Å². The molecule has 0 bridgehead atoms. The van der Waals surface area contributed by atoms with E-state index < -0.39 is 10.7 Å². The van der Waals surface area contributed by atoms with Gasteiger partial charge >= 0.3 is 0 Å². The molecule has 0 aliphatic carbocycles. The van der Waals surface area contributed by atoms with Crippen LogP contribution in [0.25, 0.3) is 5.69 Å². The first-order valence-corrected chi connectivity index (χ1v) is 11.2. The van der Waals surface area contributed by atoms with E-state index in [4.69, 9.17) is 9.47 Å². The highest BCUT2D eigenvalue weighted by Crippen LogP contribution is 2.30. The lowest BCUT2D eigenvalue weighted by molar-refractivity contribution is -0.384. The number of hydrogen-bond acceptors (Lipinski definition) is 9. The van der Waals surface area contributed by atoms with Crippen LogP contribution in [0.1, 0.15) is 0 Å². The number of halogens is 1. The number of amides is 1. The van der Waals surface area contributed by atoms with E-state index in [0.717, 1.165) is 11.8 Å². The van der Waals surface area contributed by atoms with Crippen molar-refractivity contribution in [2.24, 2.45) is 0 Å². The van der Waals surface area contributed by atoms with Gasteiger partial charge in [0.2, 0.25) is 11.9 Å². The molecule has 1 amide bonds. The Bertz CT molecular complexity index is 1200. The average Bonchev–Trinajstić information content (AvgIpc) is 3.27. The monoisotopic (exact) mass is 488 g/mol. The number of anilines is 2. The van der Waals surface area contributed by atoms with Crippen molar-refractivity contribution in [3.8, 4) is 11.4 Å². The molecule has 13 heteroatoms. The molecule has 0 spiro atoms. The SMILES string of the molecule is COc1cc([N+](=O)[O-])ccc1NC(=O)CSc1nnc(N2CCOCC2)n1-c1cccc(F)c1. The second-order valence-corrected chi connectivity index (χ2v) is 8.12. The summed E-state index contributed by atoms with van der Waals surface area (Å²) in [6, 6.07) is 9.97. The second-order valence-electron chi connectivity index (χ2n) is 7.18. The summed E-state index contributed by atoms with van der Waals surface area (Å²) in [5.41, 5.74) is 0.689. The normalized spacial score (nSPS) is 13.5. The predicted molar refractivity (Wildman–Crippen MR) is 123 cm³/mol. The second kappa shape index (κ2) is 10.5. The van der Waals surface area contributed by atoms with Crippen LogP contribution in [-0.4, -0.2) is 64.8 Å². The Morgan fingerprint density at radius 1 is 1.26 bits per heavy atom. The first kappa shape index (κ1) is 23.4. The van der Waals surface area contributed by atoms with E-state index in [1.54, 1.807) is 16.7 Å². The zero-order chi connectivity index (χ0) is 24.1. The number of nitro benzene ring substituents is 1. The van der Waals surface area contributed by atoms with Gasteiger partial charge in [-0.2, -0.15) is 0 Å². The van der Waals surface area contributed by atoms with Crippen molar-refractivity contribution in [1.82, 2.24) is 14.8 Å². The topological polar surface area (TPSA) is 125 Å². The maximum absolute atomic E-state index is 14.0. The number of methoxy groups -OCH3 is 1. The van der Waals surface area contributed by atoms with Crippen molar-refractivity contribution in [1.29, 1.82) is 0 Å². The van der Waals surface area contributed by atoms with Crippen LogP contribution in [0.3, 0.4) is 0 Å². The van der Waals surface area contributed by atoms with Crippen LogP contribution < -0.4 is 15.0 Å². The minimum Gasteiger partial charge on any atom is -0.494 e. The summed E-state index contributed by atoms with van der Waals surface area (Å²) in [4.78, 5) is 25.0. The summed E-state index contributed by atoms with van der Waals surface area (Å²) in [5.74, 6) is -0.104. The van der Waals surface area contributed by atoms with Gasteiger partial charge in [0.25, 0.3) is 5.69 Å². The van der Waals surface area contributed by atoms with Gasteiger partial charge in [0, 0.05) is 19.2 Å². The molecule has 178 valence electrons. The lowest BCUT2D eigenvalue weighted by Crippen LogP contribution is -2.37. The molecule has 1 aliphatic rings. The molecule has 1 saturated heterocycles. The fraction of sp³-hybridized carbons (Fsp3) is 0.286. The van der Waals surface area contributed by atoms with Gasteiger partial charge in [-0.1, -0.05) is 17.8 Å². The molecule has 34 heavy (non-hydrogen) atoms. The first-order valence-electron chi connectivity index (χ1n) is 10.3. The summed E-state index contributed by atoms with van der Waals surface area (Å²) in [7, 11) is 1.36. The van der Waals surface area contributed by atoms with Gasteiger partial charge in [-0.15, -0.1) is 10.2 Å². The van der Waals surface area contributed by atoms with Crippen molar-refractivity contribution in [2.45, 2.75) is 5.16 Å². The molecule has 0 radical (unpaired) electrons. The van der Waals surface area contributed by atoms with Crippen LogP contribution in [0.2, 0.25) is 0 Å². The maximum Gasteiger partial charge on any atom is 0.273 e. The van der Waals surface area contributed by atoms with Crippen LogP contribution in [0.5, 0.6) is 5.75 Å². The highest BCUT2D eigenvalue weighted by molar-refractivity contribution is 7.99. The Morgan fingerprint density at radius 2 is 2.06 bits per heavy atom. The number of carbonyl (C=O) groups excluding carboxylic acids is 1. The number of ether oxygens (including phenoxy) is 2. The number of non-ortho nitro benzene ring substituents is 1. The van der Waals surface area contributed by atoms with Crippen LogP contribution in [0.4, 0.5) is 21.7 Å². The fourth-order valence-corrected chi connectivity index (χ4v) is 4.13. The molecule has 2 aromatic carbocycles. The van der Waals surface area contributed by atoms with Gasteiger partial charge in [-0.3, -0.25) is 19.5 Å². The fourth-order valence-electron chi connectivity index (χ4n) is 3.38. The van der Waals surface area contributed by atoms with Crippen molar-refractivity contribution in [3.63, 3.8) is 0 Å². The van der Waals surface area contributed by atoms with Gasteiger partial charge < -0.3 is 19.7 Å². The van der Waals surface area contributed by atoms with Gasteiger partial charge in [0.05, 0.1) is 48.4 Å². The molecule has 11 nitrogen and oxygen atoms in total. The molecular formula is C21H21FN6O5S. The van der Waals surface area contributed by atoms with Crippen molar-refractivity contribution in [2.75, 3.05) is 49.4 Å². The third-order valence-electron chi connectivity index (χ3n) is 4.98. The minimum absolute atomic E-state index is 0.0310. The average molecular weight is 489 g/mol. The number of benzene rings is 2. The predicted octanol–water partition coefficient (Wildman–Crippen LogP) is 2.89. The quantitative estimate of drug-likeness (QED) is 0.289. The number of nitrogens with zero attached hydrogens (tertiary/aromatic N) is 5. The van der Waals surface area contributed by atoms with Gasteiger partial charge in [0.15, 0.2) is 5.16 Å². The van der Waals surface area contributed by atoms with E-state index in [2.05, 4.69) is 15.5 Å². The first-order chi connectivity index (χ1) is 16.5. The van der Waals surface area contributed by atoms with Gasteiger partial charge in [-0.05, 0) is 24.3 Å². The zero-order valence-corrected chi connectivity index (χ0v) is 19.0. The largest absolute Gasteiger partial charge is 0.494 e. The molecule has 0 saturated carbocycles. The third kappa shape index (κ3) is 5.26. The standard InChI is InChI=1S/C21H21FN6O5S/c1-32-18-12-16(28(30)31)5-6-17(18)23-19(29)13-34-21-25-24-20(26-7-9-33-10-8-26)27(21)15-4-2-3-14(22)11-15/h2-6,11-12H,7-10,13H2,1H3,(H,23,29). The van der Waals surface area contributed by atoms with Crippen molar-refractivity contribution < 1.29 is 23.6 Å². The Hall–Kier alpha value is -3.71. The Labute approximate surface area is 198 Å². The maximum atomic E-state index is 14.0. The minimum atomic E-state index is -0.546. The molecule has 1 fully saturated rings. The molecule has 1 aromatic heterocycles. The Morgan fingerprint density at radius 3 is 2.76 bits per heavy atom. The number of thioether (sulfide) groups is 1. The number of nitro groups is 1. The van der Waals surface area contributed by atoms with E-state index >= 15 is 0 Å². The number of hydrogen-bond donors (Lipinski definition) is 1. The molecule has 0 atom stereocenters. The van der Waals surface area contributed by atoms with Crippen LogP contribution in [-0.2, 0) is 9.53 Å². The Balaban J connectivity index is 1.53. The molecule has 2 heterocycles. The number of rotatable bonds is 8. The molecule has 1 N–H and O–H groups in total. The van der Waals surface area contributed by atoms with E-state index in [9.17, 15) is 19.3 Å². The highest BCUT2D eigenvalue weighted by atomic mass is 32.2. The van der Waals surface area contributed by atoms with E-state index in [0.29, 0.717) is 48.8 Å². The smallest absolute Gasteiger partial charge is 0.273 e.